The first kappa shape index (κ1) is 15.2. The van der Waals surface area contributed by atoms with E-state index in [0.29, 0.717) is 18.5 Å². The zero-order chi connectivity index (χ0) is 15.7. The van der Waals surface area contributed by atoms with Crippen LogP contribution >= 0.6 is 15.9 Å². The highest BCUT2D eigenvalue weighted by atomic mass is 79.9. The number of nitrogens with zero attached hydrogens (tertiary/aromatic N) is 1. The van der Waals surface area contributed by atoms with Gasteiger partial charge in [-0.2, -0.15) is 0 Å². The Kier molecular flexibility index (Phi) is 4.29. The van der Waals surface area contributed by atoms with Gasteiger partial charge in [0.1, 0.15) is 6.04 Å². The number of piperidine rings is 1. The molecule has 0 saturated carbocycles. The lowest BCUT2D eigenvalue weighted by atomic mass is 10.00. The predicted molar refractivity (Wildman–Crippen MR) is 84.6 cm³/mol. The second-order valence-corrected chi connectivity index (χ2v) is 6.43. The van der Waals surface area contributed by atoms with Gasteiger partial charge in [-0.1, -0.05) is 28.1 Å². The van der Waals surface area contributed by atoms with Gasteiger partial charge < -0.3 is 4.90 Å². The molecule has 3 rings (SSSR count). The first-order valence-electron chi connectivity index (χ1n) is 7.43. The van der Waals surface area contributed by atoms with E-state index < -0.39 is 6.04 Å². The van der Waals surface area contributed by atoms with E-state index in [0.717, 1.165) is 23.7 Å². The van der Waals surface area contributed by atoms with Crippen LogP contribution in [0.1, 0.15) is 40.7 Å². The summed E-state index contributed by atoms with van der Waals surface area (Å²) in [6.45, 7) is 0.457. The number of benzene rings is 1. The Morgan fingerprint density at radius 2 is 2.09 bits per heavy atom. The Balaban J connectivity index is 1.84. The van der Waals surface area contributed by atoms with Crippen LogP contribution in [0.5, 0.6) is 0 Å². The van der Waals surface area contributed by atoms with E-state index >= 15 is 0 Å². The molecule has 0 bridgehead atoms. The highest BCUT2D eigenvalue weighted by Gasteiger charge is 2.39. The van der Waals surface area contributed by atoms with Crippen molar-refractivity contribution in [1.29, 1.82) is 0 Å². The fourth-order valence-electron chi connectivity index (χ4n) is 3.14. The lowest BCUT2D eigenvalue weighted by Crippen LogP contribution is -2.52. The van der Waals surface area contributed by atoms with Gasteiger partial charge in [0, 0.05) is 23.9 Å². The summed E-state index contributed by atoms with van der Waals surface area (Å²) in [7, 11) is 0. The van der Waals surface area contributed by atoms with E-state index in [1.165, 1.54) is 5.56 Å². The average Bonchev–Trinajstić information content (AvgIpc) is 2.83. The SMILES string of the molecule is O=C1CCC(N2Cc3c(CCCBr)cccc3C2=O)C(=O)N1. The predicted octanol–water partition coefficient (Wildman–Crippen LogP) is 1.78. The van der Waals surface area contributed by atoms with Crippen LogP contribution in [0, 0.1) is 0 Å². The van der Waals surface area contributed by atoms with Gasteiger partial charge >= 0.3 is 0 Å². The van der Waals surface area contributed by atoms with Crippen LogP contribution in [0.3, 0.4) is 0 Å². The van der Waals surface area contributed by atoms with Crippen molar-refractivity contribution in [3.8, 4) is 0 Å². The molecule has 5 nitrogen and oxygen atoms in total. The molecular weight excluding hydrogens is 348 g/mol. The van der Waals surface area contributed by atoms with Crippen LogP contribution in [0.4, 0.5) is 0 Å². The third-order valence-corrected chi connectivity index (χ3v) is 4.82. The van der Waals surface area contributed by atoms with Crippen molar-refractivity contribution in [3.63, 3.8) is 0 Å². The van der Waals surface area contributed by atoms with Crippen molar-refractivity contribution < 1.29 is 14.4 Å². The standard InChI is InChI=1S/C16H17BrN2O3/c17-8-2-4-10-3-1-5-11-12(10)9-19(16(11)22)13-6-7-14(20)18-15(13)21/h1,3,5,13H,2,4,6-9H2,(H,18,20,21). The molecule has 116 valence electrons. The van der Waals surface area contributed by atoms with Crippen LogP contribution in [0.25, 0.3) is 0 Å². The van der Waals surface area contributed by atoms with Crippen LogP contribution < -0.4 is 5.32 Å². The minimum atomic E-state index is -0.540. The minimum absolute atomic E-state index is 0.106. The zero-order valence-electron chi connectivity index (χ0n) is 12.1. The fourth-order valence-corrected chi connectivity index (χ4v) is 3.42. The number of amides is 3. The van der Waals surface area contributed by atoms with Crippen LogP contribution in [-0.2, 0) is 22.6 Å². The molecule has 6 heteroatoms. The second kappa shape index (κ2) is 6.20. The molecule has 22 heavy (non-hydrogen) atoms. The number of nitrogens with one attached hydrogen (secondary N) is 1. The summed E-state index contributed by atoms with van der Waals surface area (Å²) in [4.78, 5) is 37.5. The number of fused-ring (bicyclic) bond motifs is 1. The largest absolute Gasteiger partial charge is 0.322 e. The summed E-state index contributed by atoms with van der Waals surface area (Å²) in [5.41, 5.74) is 2.88. The molecule has 3 amide bonds. The maximum Gasteiger partial charge on any atom is 0.255 e. The molecule has 0 aromatic heterocycles. The summed E-state index contributed by atoms with van der Waals surface area (Å²) in [6.07, 6.45) is 2.60. The number of hydrogen-bond donors (Lipinski definition) is 1. The second-order valence-electron chi connectivity index (χ2n) is 5.64. The van der Waals surface area contributed by atoms with E-state index in [4.69, 9.17) is 0 Å². The number of carbonyl (C=O) groups is 3. The van der Waals surface area contributed by atoms with Crippen molar-refractivity contribution in [1.82, 2.24) is 10.2 Å². The van der Waals surface area contributed by atoms with Gasteiger partial charge in [0.05, 0.1) is 0 Å². The number of carbonyl (C=O) groups excluding carboxylic acids is 3. The Morgan fingerprint density at radius 1 is 1.27 bits per heavy atom. The molecule has 1 saturated heterocycles. The summed E-state index contributed by atoms with van der Waals surface area (Å²) < 4.78 is 0. The molecule has 2 aliphatic heterocycles. The molecule has 0 spiro atoms. The van der Waals surface area contributed by atoms with Gasteiger partial charge in [-0.05, 0) is 36.5 Å². The van der Waals surface area contributed by atoms with E-state index in [1.807, 2.05) is 18.2 Å². The van der Waals surface area contributed by atoms with Gasteiger partial charge in [-0.15, -0.1) is 0 Å². The average molecular weight is 365 g/mol. The molecule has 1 aromatic carbocycles. The van der Waals surface area contributed by atoms with Gasteiger partial charge in [0.25, 0.3) is 5.91 Å². The van der Waals surface area contributed by atoms with Crippen molar-refractivity contribution >= 4 is 33.7 Å². The summed E-state index contributed by atoms with van der Waals surface area (Å²) in [5.74, 6) is -0.729. The molecule has 1 fully saturated rings. The molecule has 1 aromatic rings. The number of hydrogen-bond acceptors (Lipinski definition) is 3. The van der Waals surface area contributed by atoms with Crippen molar-refractivity contribution in [2.24, 2.45) is 0 Å². The smallest absolute Gasteiger partial charge is 0.255 e. The lowest BCUT2D eigenvalue weighted by molar-refractivity contribution is -0.136. The minimum Gasteiger partial charge on any atom is -0.322 e. The third kappa shape index (κ3) is 2.67. The number of aryl methyl sites for hydroxylation is 1. The number of halogens is 1. The van der Waals surface area contributed by atoms with Crippen molar-refractivity contribution in [3.05, 3.63) is 34.9 Å². The Labute approximate surface area is 137 Å². The monoisotopic (exact) mass is 364 g/mol. The summed E-state index contributed by atoms with van der Waals surface area (Å²) in [5, 5.41) is 3.24. The van der Waals surface area contributed by atoms with Crippen LogP contribution in [0.15, 0.2) is 18.2 Å². The fraction of sp³-hybridized carbons (Fsp3) is 0.438. The molecule has 1 unspecified atom stereocenters. The first-order valence-corrected chi connectivity index (χ1v) is 8.55. The van der Waals surface area contributed by atoms with E-state index in [-0.39, 0.29) is 24.1 Å². The zero-order valence-corrected chi connectivity index (χ0v) is 13.7. The van der Waals surface area contributed by atoms with Gasteiger partial charge in [0.2, 0.25) is 11.8 Å². The topological polar surface area (TPSA) is 66.5 Å². The maximum absolute atomic E-state index is 12.6. The quantitative estimate of drug-likeness (QED) is 0.653. The van der Waals surface area contributed by atoms with Crippen LogP contribution in [0.2, 0.25) is 0 Å². The summed E-state index contributed by atoms with van der Waals surface area (Å²) in [6, 6.07) is 5.22. The van der Waals surface area contributed by atoms with Gasteiger partial charge in [-0.25, -0.2) is 0 Å². The molecule has 2 aliphatic rings. The highest BCUT2D eigenvalue weighted by Crippen LogP contribution is 2.30. The molecule has 2 heterocycles. The number of alkyl halides is 1. The van der Waals surface area contributed by atoms with Crippen molar-refractivity contribution in [2.75, 3.05) is 5.33 Å². The molecule has 0 aliphatic carbocycles. The number of rotatable bonds is 4. The van der Waals surface area contributed by atoms with Crippen LogP contribution in [-0.4, -0.2) is 34.0 Å². The highest BCUT2D eigenvalue weighted by molar-refractivity contribution is 9.09. The van der Waals surface area contributed by atoms with Crippen molar-refractivity contribution in [2.45, 2.75) is 38.3 Å². The molecule has 0 radical (unpaired) electrons. The molecule has 1 N–H and O–H groups in total. The third-order valence-electron chi connectivity index (χ3n) is 4.26. The van der Waals surface area contributed by atoms with E-state index in [9.17, 15) is 14.4 Å². The maximum atomic E-state index is 12.6. The molecular formula is C16H17BrN2O3. The van der Waals surface area contributed by atoms with Gasteiger partial charge in [0.15, 0.2) is 0 Å². The Bertz CT molecular complexity index is 644. The number of imide groups is 1. The van der Waals surface area contributed by atoms with Gasteiger partial charge in [-0.3, -0.25) is 19.7 Å². The van der Waals surface area contributed by atoms with E-state index in [1.54, 1.807) is 4.90 Å². The molecule has 1 atom stereocenters. The normalized spacial score (nSPS) is 21.0. The summed E-state index contributed by atoms with van der Waals surface area (Å²) >= 11 is 3.43. The Morgan fingerprint density at radius 3 is 2.82 bits per heavy atom. The lowest BCUT2D eigenvalue weighted by Gasteiger charge is -2.29. The van der Waals surface area contributed by atoms with E-state index in [2.05, 4.69) is 21.2 Å². The Hall–Kier alpha value is -1.69. The first-order chi connectivity index (χ1) is 10.6.